The van der Waals surface area contributed by atoms with Crippen molar-refractivity contribution < 1.29 is 9.53 Å². The van der Waals surface area contributed by atoms with E-state index in [1.807, 2.05) is 13.8 Å². The van der Waals surface area contributed by atoms with Crippen molar-refractivity contribution in [1.82, 2.24) is 0 Å². The normalized spacial score (nSPS) is 8.08. The van der Waals surface area contributed by atoms with Gasteiger partial charge in [-0.3, -0.25) is 4.79 Å². The van der Waals surface area contributed by atoms with Crippen LogP contribution < -0.4 is 0 Å². The molecule has 0 radical (unpaired) electrons. The number of rotatable bonds is 3. The zero-order valence-corrected chi connectivity index (χ0v) is 9.52. The Morgan fingerprint density at radius 3 is 2.00 bits per heavy atom. The number of hydrogen-bond donors (Lipinski definition) is 0. The molecular formula is C11H22O2. The molecule has 0 bridgehead atoms. The van der Waals surface area contributed by atoms with Crippen LogP contribution in [0.2, 0.25) is 0 Å². The smallest absolute Gasteiger partial charge is 0.305 e. The van der Waals surface area contributed by atoms with E-state index in [1.54, 1.807) is 6.92 Å². The number of carbonyl (C=O) groups is 1. The highest BCUT2D eigenvalue weighted by molar-refractivity contribution is 5.68. The summed E-state index contributed by atoms with van der Waals surface area (Å²) >= 11 is 0. The lowest BCUT2D eigenvalue weighted by atomic mass is 10.3. The van der Waals surface area contributed by atoms with Crippen molar-refractivity contribution >= 4 is 5.97 Å². The third-order valence-corrected chi connectivity index (χ3v) is 1.33. The van der Waals surface area contributed by atoms with Crippen molar-refractivity contribution in [3.63, 3.8) is 0 Å². The molecule has 13 heavy (non-hydrogen) atoms. The molecule has 0 fully saturated rings. The fraction of sp³-hybridized carbons (Fsp3) is 0.727. The molecule has 0 heterocycles. The van der Waals surface area contributed by atoms with Crippen LogP contribution >= 0.6 is 0 Å². The van der Waals surface area contributed by atoms with E-state index in [-0.39, 0.29) is 5.97 Å². The van der Waals surface area contributed by atoms with Gasteiger partial charge in [0.2, 0.25) is 0 Å². The first-order valence-corrected chi connectivity index (χ1v) is 4.83. The first-order chi connectivity index (χ1) is 6.08. The third kappa shape index (κ3) is 18.3. The summed E-state index contributed by atoms with van der Waals surface area (Å²) in [6, 6.07) is 0. The summed E-state index contributed by atoms with van der Waals surface area (Å²) in [6.45, 7) is 10.5. The molecule has 2 heteroatoms. The maximum atomic E-state index is 10.3. The van der Waals surface area contributed by atoms with E-state index in [1.165, 1.54) is 5.57 Å². The molecule has 0 aromatic carbocycles. The highest BCUT2D eigenvalue weighted by Gasteiger charge is 1.93. The zero-order chi connectivity index (χ0) is 10.7. The highest BCUT2D eigenvalue weighted by atomic mass is 16.5. The van der Waals surface area contributed by atoms with Crippen LogP contribution in [0.5, 0.6) is 0 Å². The number of ether oxygens (including phenoxy) is 1. The molecule has 0 amide bonds. The molecule has 0 saturated heterocycles. The summed E-state index contributed by atoms with van der Waals surface area (Å²) in [7, 11) is 0. The number of allylic oxidation sites excluding steroid dienone is 2. The van der Waals surface area contributed by atoms with E-state index in [0.717, 1.165) is 6.42 Å². The van der Waals surface area contributed by atoms with Crippen LogP contribution in [-0.2, 0) is 9.53 Å². The minimum Gasteiger partial charge on any atom is -0.466 e. The van der Waals surface area contributed by atoms with E-state index in [0.29, 0.717) is 13.0 Å². The Kier molecular flexibility index (Phi) is 12.7. The first kappa shape index (κ1) is 14.7. The fourth-order valence-electron chi connectivity index (χ4n) is 0.318. The molecular weight excluding hydrogens is 164 g/mol. The molecule has 0 aromatic heterocycles. The summed E-state index contributed by atoms with van der Waals surface area (Å²) in [5.74, 6) is -0.105. The first-order valence-electron chi connectivity index (χ1n) is 4.83. The van der Waals surface area contributed by atoms with Gasteiger partial charge in [-0.15, -0.1) is 0 Å². The van der Waals surface area contributed by atoms with Gasteiger partial charge in [0.05, 0.1) is 6.61 Å². The van der Waals surface area contributed by atoms with Gasteiger partial charge in [0, 0.05) is 6.42 Å². The Hall–Kier alpha value is -0.790. The number of hydrogen-bond acceptors (Lipinski definition) is 2. The SMILES string of the molecule is CC=C(C)C.CCCOC(=O)CC. The minimum absolute atomic E-state index is 0.105. The maximum absolute atomic E-state index is 10.3. The van der Waals surface area contributed by atoms with Gasteiger partial charge in [-0.25, -0.2) is 0 Å². The van der Waals surface area contributed by atoms with E-state index in [2.05, 4.69) is 19.9 Å². The predicted octanol–water partition coefficient (Wildman–Crippen LogP) is 3.32. The topological polar surface area (TPSA) is 26.3 Å². The average molecular weight is 186 g/mol. The minimum atomic E-state index is -0.105. The van der Waals surface area contributed by atoms with Gasteiger partial charge in [-0.1, -0.05) is 25.5 Å². The molecule has 0 aliphatic heterocycles. The van der Waals surface area contributed by atoms with Crippen LogP contribution in [0.3, 0.4) is 0 Å². The van der Waals surface area contributed by atoms with Gasteiger partial charge < -0.3 is 4.74 Å². The van der Waals surface area contributed by atoms with E-state index >= 15 is 0 Å². The lowest BCUT2D eigenvalue weighted by Crippen LogP contribution is -2.02. The lowest BCUT2D eigenvalue weighted by molar-refractivity contribution is -0.143. The standard InChI is InChI=1S/C6H12O2.C5H10/c1-3-5-8-6(7)4-2;1-4-5(2)3/h3-5H2,1-2H3;4H,1-3H3. The molecule has 2 nitrogen and oxygen atoms in total. The van der Waals surface area contributed by atoms with Gasteiger partial charge in [0.1, 0.15) is 0 Å². The monoisotopic (exact) mass is 186 g/mol. The second kappa shape index (κ2) is 11.2. The molecule has 0 N–H and O–H groups in total. The Labute approximate surface area is 82.0 Å². The summed E-state index contributed by atoms with van der Waals surface area (Å²) in [4.78, 5) is 10.3. The average Bonchev–Trinajstić information content (AvgIpc) is 2.15. The van der Waals surface area contributed by atoms with Gasteiger partial charge in [-0.05, 0) is 27.2 Å². The van der Waals surface area contributed by atoms with E-state index in [9.17, 15) is 4.79 Å². The number of carbonyl (C=O) groups excluding carboxylic acids is 1. The quantitative estimate of drug-likeness (QED) is 0.499. The van der Waals surface area contributed by atoms with Gasteiger partial charge in [0.15, 0.2) is 0 Å². The molecule has 0 aromatic rings. The van der Waals surface area contributed by atoms with Gasteiger partial charge in [-0.2, -0.15) is 0 Å². The molecule has 0 atom stereocenters. The third-order valence-electron chi connectivity index (χ3n) is 1.33. The van der Waals surface area contributed by atoms with Gasteiger partial charge in [0.25, 0.3) is 0 Å². The summed E-state index contributed by atoms with van der Waals surface area (Å²) in [5, 5.41) is 0. The Morgan fingerprint density at radius 1 is 1.31 bits per heavy atom. The van der Waals surface area contributed by atoms with Crippen LogP contribution in [0.25, 0.3) is 0 Å². The maximum Gasteiger partial charge on any atom is 0.305 e. The van der Waals surface area contributed by atoms with Crippen molar-refractivity contribution in [2.45, 2.75) is 47.5 Å². The van der Waals surface area contributed by atoms with E-state index in [4.69, 9.17) is 4.74 Å². The molecule has 0 aliphatic carbocycles. The van der Waals surface area contributed by atoms with Crippen LogP contribution in [0, 0.1) is 0 Å². The second-order valence-electron chi connectivity index (χ2n) is 2.94. The molecule has 0 aliphatic rings. The fourth-order valence-corrected chi connectivity index (χ4v) is 0.318. The van der Waals surface area contributed by atoms with E-state index < -0.39 is 0 Å². The van der Waals surface area contributed by atoms with Crippen molar-refractivity contribution in [3.8, 4) is 0 Å². The molecule has 78 valence electrons. The van der Waals surface area contributed by atoms with Crippen molar-refractivity contribution in [2.75, 3.05) is 6.61 Å². The summed E-state index contributed by atoms with van der Waals surface area (Å²) < 4.78 is 4.70. The van der Waals surface area contributed by atoms with Gasteiger partial charge >= 0.3 is 5.97 Å². The van der Waals surface area contributed by atoms with Crippen LogP contribution in [0.15, 0.2) is 11.6 Å². The van der Waals surface area contributed by atoms with Crippen molar-refractivity contribution in [1.29, 1.82) is 0 Å². The Bertz CT molecular complexity index is 144. The zero-order valence-electron chi connectivity index (χ0n) is 9.52. The molecule has 0 unspecified atom stereocenters. The van der Waals surface area contributed by atoms with Crippen molar-refractivity contribution in [3.05, 3.63) is 11.6 Å². The van der Waals surface area contributed by atoms with Crippen LogP contribution in [0.1, 0.15) is 47.5 Å². The summed E-state index contributed by atoms with van der Waals surface area (Å²) in [6.07, 6.45) is 3.48. The largest absolute Gasteiger partial charge is 0.466 e. The molecule has 0 saturated carbocycles. The molecule has 0 spiro atoms. The Balaban J connectivity index is 0. The highest BCUT2D eigenvalue weighted by Crippen LogP contribution is 1.85. The van der Waals surface area contributed by atoms with Crippen LogP contribution in [-0.4, -0.2) is 12.6 Å². The second-order valence-corrected chi connectivity index (χ2v) is 2.94. The predicted molar refractivity (Wildman–Crippen MR) is 56.6 cm³/mol. The Morgan fingerprint density at radius 2 is 1.77 bits per heavy atom. The molecule has 0 rings (SSSR count). The lowest BCUT2D eigenvalue weighted by Gasteiger charge is -1.97. The van der Waals surface area contributed by atoms with Crippen LogP contribution in [0.4, 0.5) is 0 Å². The number of esters is 1. The van der Waals surface area contributed by atoms with Crippen molar-refractivity contribution in [2.24, 2.45) is 0 Å². The summed E-state index contributed by atoms with van der Waals surface area (Å²) in [5.41, 5.74) is 1.38.